The highest BCUT2D eigenvalue weighted by Gasteiger charge is 2.09. The van der Waals surface area contributed by atoms with E-state index in [0.29, 0.717) is 0 Å². The summed E-state index contributed by atoms with van der Waals surface area (Å²) in [5, 5.41) is 13.5. The zero-order chi connectivity index (χ0) is 21.4. The number of halogens is 1. The Bertz CT molecular complexity index is 1500. The van der Waals surface area contributed by atoms with E-state index in [1.165, 1.54) is 21.8 Å². The van der Waals surface area contributed by atoms with Crippen LogP contribution in [0, 0.1) is 0 Å². The Morgan fingerprint density at radius 3 is 2.65 bits per heavy atom. The zero-order valence-corrected chi connectivity index (χ0v) is 19.7. The van der Waals surface area contributed by atoms with Crippen LogP contribution in [0.2, 0.25) is 0 Å². The molecule has 5 rings (SSSR count). The minimum atomic E-state index is 0.856. The third-order valence-corrected chi connectivity index (χ3v) is 6.91. The van der Waals surface area contributed by atoms with Gasteiger partial charge in [0.2, 0.25) is 4.80 Å². The summed E-state index contributed by atoms with van der Waals surface area (Å²) < 4.78 is 5.49. The molecule has 2 heterocycles. The van der Waals surface area contributed by atoms with Gasteiger partial charge in [-0.3, -0.25) is 0 Å². The molecule has 0 radical (unpaired) electrons. The van der Waals surface area contributed by atoms with E-state index in [1.54, 1.807) is 11.3 Å². The van der Waals surface area contributed by atoms with Crippen molar-refractivity contribution in [2.45, 2.75) is 13.5 Å². The maximum atomic E-state index is 4.47. The highest BCUT2D eigenvalue weighted by molar-refractivity contribution is 9.10. The fourth-order valence-electron chi connectivity index (χ4n) is 4.01. The third-order valence-electron chi connectivity index (χ3n) is 5.51. The molecular weight excluding hydrogens is 468 g/mol. The molecule has 3 aromatic carbocycles. The summed E-state index contributed by atoms with van der Waals surface area (Å²) in [6.07, 6.45) is 1.83. The van der Waals surface area contributed by atoms with Crippen molar-refractivity contribution >= 4 is 55.3 Å². The predicted molar refractivity (Wildman–Crippen MR) is 135 cm³/mol. The Morgan fingerprint density at radius 2 is 1.81 bits per heavy atom. The third kappa shape index (κ3) is 3.66. The molecule has 31 heavy (non-hydrogen) atoms. The van der Waals surface area contributed by atoms with Gasteiger partial charge in [-0.1, -0.05) is 52.3 Å². The number of nitrogens with zero attached hydrogens (tertiary/aromatic N) is 4. The van der Waals surface area contributed by atoms with Crippen molar-refractivity contribution in [3.63, 3.8) is 0 Å². The Morgan fingerprint density at radius 1 is 0.968 bits per heavy atom. The molecule has 0 unspecified atom stereocenters. The van der Waals surface area contributed by atoms with Gasteiger partial charge in [0.1, 0.15) is 0 Å². The van der Waals surface area contributed by atoms with Gasteiger partial charge in [-0.05, 0) is 42.8 Å². The van der Waals surface area contributed by atoms with Gasteiger partial charge in [-0.2, -0.15) is 5.10 Å². The van der Waals surface area contributed by atoms with Crippen LogP contribution in [0.15, 0.2) is 86.8 Å². The lowest BCUT2D eigenvalue weighted by atomic mass is 10.1. The summed E-state index contributed by atoms with van der Waals surface area (Å²) in [5.74, 6) is 0. The number of hydrogen-bond acceptors (Lipinski definition) is 3. The smallest absolute Gasteiger partial charge is 0.210 e. The van der Waals surface area contributed by atoms with E-state index in [4.69, 9.17) is 0 Å². The van der Waals surface area contributed by atoms with E-state index >= 15 is 0 Å². The molecule has 6 heteroatoms. The zero-order valence-electron chi connectivity index (χ0n) is 17.3. The van der Waals surface area contributed by atoms with E-state index in [0.717, 1.165) is 32.6 Å². The summed E-state index contributed by atoms with van der Waals surface area (Å²) in [5.41, 5.74) is 5.83. The molecule has 0 atom stereocenters. The lowest BCUT2D eigenvalue weighted by Crippen LogP contribution is -2.10. The Hall–Kier alpha value is -2.96. The summed E-state index contributed by atoms with van der Waals surface area (Å²) in [6, 6.07) is 23.3. The second-order valence-electron chi connectivity index (χ2n) is 7.36. The largest absolute Gasteiger partial charge is 0.341 e. The van der Waals surface area contributed by atoms with E-state index in [2.05, 4.69) is 102 Å². The summed E-state index contributed by atoms with van der Waals surface area (Å²) in [7, 11) is 2.02. The molecule has 0 saturated heterocycles. The van der Waals surface area contributed by atoms with Gasteiger partial charge in [-0.15, -0.1) is 16.4 Å². The maximum absolute atomic E-state index is 4.47. The van der Waals surface area contributed by atoms with E-state index in [9.17, 15) is 0 Å². The molecule has 0 spiro atoms. The first-order valence-corrected chi connectivity index (χ1v) is 11.8. The molecule has 0 bridgehead atoms. The van der Waals surface area contributed by atoms with Crippen molar-refractivity contribution in [2.75, 3.05) is 0 Å². The quantitative estimate of drug-likeness (QED) is 0.202. The number of fused-ring (bicyclic) bond motifs is 3. The number of thiazole rings is 1. The van der Waals surface area contributed by atoms with Crippen LogP contribution in [-0.2, 0) is 13.6 Å². The molecule has 0 amide bonds. The van der Waals surface area contributed by atoms with Crippen LogP contribution in [0.4, 0.5) is 0 Å². The van der Waals surface area contributed by atoms with Gasteiger partial charge in [0.05, 0.1) is 11.9 Å². The second-order valence-corrected chi connectivity index (χ2v) is 9.11. The Kier molecular flexibility index (Phi) is 5.34. The fraction of sp³-hybridized carbons (Fsp3) is 0.120. The normalized spacial score (nSPS) is 12.5. The van der Waals surface area contributed by atoms with Crippen molar-refractivity contribution in [3.8, 4) is 11.3 Å². The molecule has 154 valence electrons. The minimum absolute atomic E-state index is 0.856. The highest BCUT2D eigenvalue weighted by atomic mass is 79.9. The van der Waals surface area contributed by atoms with E-state index in [-0.39, 0.29) is 0 Å². The van der Waals surface area contributed by atoms with Crippen LogP contribution in [-0.4, -0.2) is 15.3 Å². The first-order chi connectivity index (χ1) is 15.2. The van der Waals surface area contributed by atoms with Crippen LogP contribution in [0.25, 0.3) is 33.1 Å². The van der Waals surface area contributed by atoms with Crippen LogP contribution < -0.4 is 4.80 Å². The summed E-state index contributed by atoms with van der Waals surface area (Å²) in [6.45, 7) is 3.13. The molecule has 5 aromatic rings. The highest BCUT2D eigenvalue weighted by Crippen LogP contribution is 2.29. The molecule has 0 aliphatic rings. The van der Waals surface area contributed by atoms with E-state index in [1.807, 2.05) is 25.4 Å². The van der Waals surface area contributed by atoms with Gasteiger partial charge < -0.3 is 9.13 Å². The first kappa shape index (κ1) is 20.0. The van der Waals surface area contributed by atoms with Crippen LogP contribution >= 0.6 is 27.3 Å². The lowest BCUT2D eigenvalue weighted by Gasteiger charge is -2.03. The monoisotopic (exact) mass is 488 g/mol. The van der Waals surface area contributed by atoms with Gasteiger partial charge in [0.15, 0.2) is 0 Å². The van der Waals surface area contributed by atoms with Crippen molar-refractivity contribution in [2.24, 2.45) is 17.3 Å². The average Bonchev–Trinajstić information content (AvgIpc) is 3.31. The lowest BCUT2D eigenvalue weighted by molar-refractivity contribution is 0.827. The predicted octanol–water partition coefficient (Wildman–Crippen LogP) is 6.58. The number of para-hydroxylation sites is 1. The summed E-state index contributed by atoms with van der Waals surface area (Å²) in [4.78, 5) is 0.856. The van der Waals surface area contributed by atoms with Gasteiger partial charge in [0.25, 0.3) is 0 Å². The Labute approximate surface area is 192 Å². The van der Waals surface area contributed by atoms with Crippen LogP contribution in [0.5, 0.6) is 0 Å². The average molecular weight is 489 g/mol. The molecule has 0 aliphatic carbocycles. The minimum Gasteiger partial charge on any atom is -0.341 e. The fourth-order valence-corrected chi connectivity index (χ4v) is 5.27. The van der Waals surface area contributed by atoms with Crippen molar-refractivity contribution in [3.05, 3.63) is 86.9 Å². The Balaban J connectivity index is 1.50. The molecular formula is C25H21BrN4S. The number of aromatic nitrogens is 2. The topological polar surface area (TPSA) is 34.6 Å². The van der Waals surface area contributed by atoms with E-state index < -0.39 is 0 Å². The van der Waals surface area contributed by atoms with Crippen LogP contribution in [0.3, 0.4) is 0 Å². The van der Waals surface area contributed by atoms with Crippen molar-refractivity contribution in [1.29, 1.82) is 0 Å². The number of hydrogen-bond donors (Lipinski definition) is 0. The molecule has 0 fully saturated rings. The molecule has 0 aliphatic heterocycles. The number of benzene rings is 3. The number of rotatable bonds is 4. The SMILES string of the molecule is CCn1c2ccccc2c2cc(C=NN=c3scc(-c4cccc(Br)c4)n3C)ccc21. The maximum Gasteiger partial charge on any atom is 0.210 e. The van der Waals surface area contributed by atoms with Crippen LogP contribution in [0.1, 0.15) is 12.5 Å². The second kappa shape index (κ2) is 8.29. The standard InChI is InChI=1S/C25H21BrN4S/c1-3-30-22-10-5-4-9-20(22)21-13-17(11-12-23(21)30)15-27-28-25-29(2)24(16-31-25)18-7-6-8-19(26)14-18/h4-16H,3H2,1-2H3. The molecule has 0 N–H and O–H groups in total. The number of aryl methyl sites for hydroxylation is 1. The van der Waals surface area contributed by atoms with Gasteiger partial charge in [-0.25, -0.2) is 0 Å². The summed E-state index contributed by atoms with van der Waals surface area (Å²) >= 11 is 5.13. The first-order valence-electron chi connectivity index (χ1n) is 10.1. The van der Waals surface area contributed by atoms with Gasteiger partial charge in [0, 0.05) is 50.8 Å². The molecule has 2 aromatic heterocycles. The van der Waals surface area contributed by atoms with Crippen molar-refractivity contribution in [1.82, 2.24) is 9.13 Å². The van der Waals surface area contributed by atoms with Crippen molar-refractivity contribution < 1.29 is 0 Å². The molecule has 4 nitrogen and oxygen atoms in total. The van der Waals surface area contributed by atoms with Gasteiger partial charge >= 0.3 is 0 Å². The molecule has 0 saturated carbocycles.